The molecule has 0 spiro atoms. The Labute approximate surface area is 95.8 Å². The Bertz CT molecular complexity index is 468. The standard InChI is InChI=1S/C12H10F4O/c1-7(2)5-11(17)8-3-4-9(10(13)6-8)12(14,15)16/h3-6H,1-2H3. The molecule has 0 radical (unpaired) electrons. The van der Waals surface area contributed by atoms with E-state index in [9.17, 15) is 22.4 Å². The molecule has 0 saturated heterocycles. The van der Waals surface area contributed by atoms with E-state index in [1.54, 1.807) is 13.8 Å². The second kappa shape index (κ2) is 4.69. The van der Waals surface area contributed by atoms with Gasteiger partial charge >= 0.3 is 6.18 Å². The molecule has 0 atom stereocenters. The third-order valence-corrected chi connectivity index (χ3v) is 1.98. The Balaban J connectivity index is 3.14. The smallest absolute Gasteiger partial charge is 0.289 e. The molecule has 5 heteroatoms. The van der Waals surface area contributed by atoms with Gasteiger partial charge in [0.05, 0.1) is 5.56 Å². The van der Waals surface area contributed by atoms with Crippen LogP contribution in [0.5, 0.6) is 0 Å². The number of alkyl halides is 3. The molecule has 0 aliphatic rings. The summed E-state index contributed by atoms with van der Waals surface area (Å²) in [5.41, 5.74) is -0.779. The lowest BCUT2D eigenvalue weighted by atomic mass is 10.1. The first-order valence-corrected chi connectivity index (χ1v) is 4.78. The minimum absolute atomic E-state index is 0.100. The topological polar surface area (TPSA) is 17.1 Å². The maximum absolute atomic E-state index is 13.2. The maximum Gasteiger partial charge on any atom is 0.419 e. The number of allylic oxidation sites excluding steroid dienone is 2. The van der Waals surface area contributed by atoms with E-state index < -0.39 is 23.3 Å². The van der Waals surface area contributed by atoms with Gasteiger partial charge in [-0.25, -0.2) is 4.39 Å². The molecule has 17 heavy (non-hydrogen) atoms. The van der Waals surface area contributed by atoms with Crippen LogP contribution in [-0.2, 0) is 6.18 Å². The van der Waals surface area contributed by atoms with E-state index in [2.05, 4.69) is 0 Å². The van der Waals surface area contributed by atoms with Gasteiger partial charge in [-0.2, -0.15) is 13.2 Å². The van der Waals surface area contributed by atoms with Gasteiger partial charge in [0, 0.05) is 5.56 Å². The lowest BCUT2D eigenvalue weighted by Gasteiger charge is -2.08. The lowest BCUT2D eigenvalue weighted by Crippen LogP contribution is -2.09. The van der Waals surface area contributed by atoms with Gasteiger partial charge in [0.25, 0.3) is 0 Å². The van der Waals surface area contributed by atoms with Crippen molar-refractivity contribution in [1.82, 2.24) is 0 Å². The van der Waals surface area contributed by atoms with Gasteiger partial charge in [0.2, 0.25) is 0 Å². The van der Waals surface area contributed by atoms with E-state index in [1.807, 2.05) is 0 Å². The molecule has 0 N–H and O–H groups in total. The maximum atomic E-state index is 13.2. The van der Waals surface area contributed by atoms with Crippen LogP contribution in [0.3, 0.4) is 0 Å². The average Bonchev–Trinajstić information content (AvgIpc) is 2.14. The van der Waals surface area contributed by atoms with Crippen molar-refractivity contribution in [2.75, 3.05) is 0 Å². The lowest BCUT2D eigenvalue weighted by molar-refractivity contribution is -0.140. The minimum Gasteiger partial charge on any atom is -0.289 e. The number of hydrogen-bond acceptors (Lipinski definition) is 1. The highest BCUT2D eigenvalue weighted by Gasteiger charge is 2.34. The Morgan fingerprint density at radius 2 is 1.82 bits per heavy atom. The van der Waals surface area contributed by atoms with Crippen molar-refractivity contribution in [3.8, 4) is 0 Å². The number of halogens is 4. The fraction of sp³-hybridized carbons (Fsp3) is 0.250. The molecule has 1 aromatic rings. The molecule has 0 bridgehead atoms. The predicted octanol–water partition coefficient (Wildman–Crippen LogP) is 3.99. The van der Waals surface area contributed by atoms with Crippen molar-refractivity contribution >= 4 is 5.78 Å². The molecule has 0 heterocycles. The van der Waals surface area contributed by atoms with Gasteiger partial charge in [0.1, 0.15) is 5.82 Å². The summed E-state index contributed by atoms with van der Waals surface area (Å²) in [5.74, 6) is -1.96. The zero-order valence-electron chi connectivity index (χ0n) is 9.23. The zero-order valence-corrected chi connectivity index (χ0v) is 9.23. The van der Waals surface area contributed by atoms with Crippen LogP contribution in [-0.4, -0.2) is 5.78 Å². The predicted molar refractivity (Wildman–Crippen MR) is 55.2 cm³/mol. The van der Waals surface area contributed by atoms with Gasteiger partial charge in [-0.05, 0) is 32.1 Å². The zero-order chi connectivity index (χ0) is 13.2. The van der Waals surface area contributed by atoms with Crippen LogP contribution < -0.4 is 0 Å². The van der Waals surface area contributed by atoms with Gasteiger partial charge in [-0.3, -0.25) is 4.79 Å². The minimum atomic E-state index is -4.75. The van der Waals surface area contributed by atoms with Crippen molar-refractivity contribution in [3.63, 3.8) is 0 Å². The van der Waals surface area contributed by atoms with E-state index in [-0.39, 0.29) is 5.56 Å². The molecule has 0 aromatic heterocycles. The molecular formula is C12H10F4O. The van der Waals surface area contributed by atoms with Crippen LogP contribution in [0.1, 0.15) is 29.8 Å². The Morgan fingerprint density at radius 1 is 1.24 bits per heavy atom. The normalized spacial score (nSPS) is 11.2. The van der Waals surface area contributed by atoms with Crippen LogP contribution >= 0.6 is 0 Å². The van der Waals surface area contributed by atoms with Crippen LogP contribution in [0.4, 0.5) is 17.6 Å². The summed E-state index contributed by atoms with van der Waals surface area (Å²) >= 11 is 0. The van der Waals surface area contributed by atoms with Crippen LogP contribution in [0.25, 0.3) is 0 Å². The third-order valence-electron chi connectivity index (χ3n) is 1.98. The fourth-order valence-corrected chi connectivity index (χ4v) is 1.24. The van der Waals surface area contributed by atoms with Gasteiger partial charge in [-0.1, -0.05) is 11.6 Å². The fourth-order valence-electron chi connectivity index (χ4n) is 1.24. The average molecular weight is 246 g/mol. The number of ketones is 1. The van der Waals surface area contributed by atoms with Crippen molar-refractivity contribution in [1.29, 1.82) is 0 Å². The first-order chi connectivity index (χ1) is 7.71. The highest BCUT2D eigenvalue weighted by Crippen LogP contribution is 2.31. The summed E-state index contributed by atoms with van der Waals surface area (Å²) < 4.78 is 49.9. The molecule has 0 aliphatic heterocycles. The molecule has 92 valence electrons. The van der Waals surface area contributed by atoms with Gasteiger partial charge < -0.3 is 0 Å². The SMILES string of the molecule is CC(C)=CC(=O)c1ccc(C(F)(F)F)c(F)c1. The van der Waals surface area contributed by atoms with E-state index in [0.717, 1.165) is 6.07 Å². The van der Waals surface area contributed by atoms with E-state index in [0.29, 0.717) is 17.7 Å². The summed E-state index contributed by atoms with van der Waals surface area (Å²) in [6, 6.07) is 2.14. The van der Waals surface area contributed by atoms with Crippen LogP contribution in [0.2, 0.25) is 0 Å². The molecule has 0 aliphatic carbocycles. The number of rotatable bonds is 2. The second-order valence-electron chi connectivity index (χ2n) is 3.78. The van der Waals surface area contributed by atoms with Gasteiger partial charge in [-0.15, -0.1) is 0 Å². The van der Waals surface area contributed by atoms with Crippen molar-refractivity contribution in [2.45, 2.75) is 20.0 Å². The molecule has 0 saturated carbocycles. The molecule has 0 unspecified atom stereocenters. The molecular weight excluding hydrogens is 236 g/mol. The molecule has 0 amide bonds. The highest BCUT2D eigenvalue weighted by atomic mass is 19.4. The Hall–Kier alpha value is -1.65. The number of carbonyl (C=O) groups is 1. The summed E-state index contributed by atoms with van der Waals surface area (Å²) in [7, 11) is 0. The quantitative estimate of drug-likeness (QED) is 0.438. The monoisotopic (exact) mass is 246 g/mol. The van der Waals surface area contributed by atoms with E-state index in [4.69, 9.17) is 0 Å². The molecule has 1 nitrogen and oxygen atoms in total. The summed E-state index contributed by atoms with van der Waals surface area (Å²) in [6.45, 7) is 3.33. The first-order valence-electron chi connectivity index (χ1n) is 4.78. The first kappa shape index (κ1) is 13.4. The number of benzene rings is 1. The number of carbonyl (C=O) groups excluding carboxylic acids is 1. The van der Waals surface area contributed by atoms with Crippen molar-refractivity contribution in [3.05, 3.63) is 46.8 Å². The van der Waals surface area contributed by atoms with E-state index in [1.165, 1.54) is 6.08 Å². The molecule has 0 fully saturated rings. The third kappa shape index (κ3) is 3.41. The summed E-state index contributed by atoms with van der Waals surface area (Å²) in [4.78, 5) is 11.4. The van der Waals surface area contributed by atoms with Gasteiger partial charge in [0.15, 0.2) is 5.78 Å². The summed E-state index contributed by atoms with van der Waals surface area (Å²) in [6.07, 6.45) is -3.51. The Kier molecular flexibility index (Phi) is 3.70. The largest absolute Gasteiger partial charge is 0.419 e. The van der Waals surface area contributed by atoms with Crippen molar-refractivity contribution < 1.29 is 22.4 Å². The van der Waals surface area contributed by atoms with E-state index >= 15 is 0 Å². The highest BCUT2D eigenvalue weighted by molar-refractivity contribution is 6.04. The Morgan fingerprint density at radius 3 is 2.24 bits per heavy atom. The van der Waals surface area contributed by atoms with Crippen LogP contribution in [0, 0.1) is 5.82 Å². The second-order valence-corrected chi connectivity index (χ2v) is 3.78. The summed E-state index contributed by atoms with van der Waals surface area (Å²) in [5, 5.41) is 0. The molecule has 1 aromatic carbocycles. The molecule has 1 rings (SSSR count). The number of hydrogen-bond donors (Lipinski definition) is 0. The van der Waals surface area contributed by atoms with Crippen molar-refractivity contribution in [2.24, 2.45) is 0 Å². The van der Waals surface area contributed by atoms with Crippen LogP contribution in [0.15, 0.2) is 29.8 Å².